The second-order valence-corrected chi connectivity index (χ2v) is 7.50. The quantitative estimate of drug-likeness (QED) is 0.826. The van der Waals surface area contributed by atoms with Crippen LogP contribution >= 0.6 is 0 Å². The van der Waals surface area contributed by atoms with Crippen molar-refractivity contribution in [2.75, 3.05) is 0 Å². The van der Waals surface area contributed by atoms with Crippen LogP contribution in [0.1, 0.15) is 59.3 Å². The fourth-order valence-electron chi connectivity index (χ4n) is 3.97. The van der Waals surface area contributed by atoms with Gasteiger partial charge in [-0.2, -0.15) is 0 Å². The molecule has 2 fully saturated rings. The SMILES string of the molecule is CC1CC(OC2CCC(N)(C(=O)O)C2)CC(C)(C)C1. The predicted octanol–water partition coefficient (Wildman–Crippen LogP) is 2.55. The van der Waals surface area contributed by atoms with Crippen LogP contribution < -0.4 is 5.73 Å². The first kappa shape index (κ1) is 14.8. The van der Waals surface area contributed by atoms with Gasteiger partial charge in [-0.1, -0.05) is 20.8 Å². The van der Waals surface area contributed by atoms with E-state index in [4.69, 9.17) is 15.6 Å². The molecular formula is C15H27NO3. The van der Waals surface area contributed by atoms with Crippen LogP contribution in [-0.4, -0.2) is 28.8 Å². The van der Waals surface area contributed by atoms with Crippen LogP contribution in [-0.2, 0) is 9.53 Å². The fraction of sp³-hybridized carbons (Fsp3) is 0.933. The van der Waals surface area contributed by atoms with E-state index in [2.05, 4.69) is 20.8 Å². The zero-order valence-corrected chi connectivity index (χ0v) is 12.3. The van der Waals surface area contributed by atoms with Crippen LogP contribution in [0.4, 0.5) is 0 Å². The summed E-state index contributed by atoms with van der Waals surface area (Å²) < 4.78 is 6.16. The van der Waals surface area contributed by atoms with Crippen molar-refractivity contribution in [2.24, 2.45) is 17.1 Å². The van der Waals surface area contributed by atoms with Crippen LogP contribution in [0.2, 0.25) is 0 Å². The fourth-order valence-corrected chi connectivity index (χ4v) is 3.97. The van der Waals surface area contributed by atoms with E-state index in [1.165, 1.54) is 6.42 Å². The van der Waals surface area contributed by atoms with E-state index in [-0.39, 0.29) is 12.2 Å². The molecule has 2 saturated carbocycles. The first-order valence-corrected chi connectivity index (χ1v) is 7.38. The monoisotopic (exact) mass is 269 g/mol. The van der Waals surface area contributed by atoms with Crippen LogP contribution in [0.5, 0.6) is 0 Å². The van der Waals surface area contributed by atoms with Crippen molar-refractivity contribution in [2.45, 2.75) is 77.0 Å². The maximum Gasteiger partial charge on any atom is 0.323 e. The third-order valence-electron chi connectivity index (χ3n) is 4.66. The highest BCUT2D eigenvalue weighted by Gasteiger charge is 2.44. The number of carboxylic acids is 1. The first-order chi connectivity index (χ1) is 8.70. The molecule has 4 unspecified atom stereocenters. The molecule has 0 aromatic rings. The Morgan fingerprint density at radius 1 is 1.26 bits per heavy atom. The lowest BCUT2D eigenvalue weighted by molar-refractivity contribution is -0.143. The van der Waals surface area contributed by atoms with E-state index in [9.17, 15) is 4.79 Å². The molecule has 19 heavy (non-hydrogen) atoms. The van der Waals surface area contributed by atoms with Gasteiger partial charge in [-0.25, -0.2) is 0 Å². The zero-order valence-electron chi connectivity index (χ0n) is 12.3. The van der Waals surface area contributed by atoms with Gasteiger partial charge in [-0.15, -0.1) is 0 Å². The third-order valence-corrected chi connectivity index (χ3v) is 4.66. The molecule has 0 aromatic heterocycles. The first-order valence-electron chi connectivity index (χ1n) is 7.38. The molecule has 0 spiro atoms. The maximum absolute atomic E-state index is 11.1. The Balaban J connectivity index is 1.90. The Morgan fingerprint density at radius 2 is 1.95 bits per heavy atom. The molecule has 4 heteroatoms. The molecule has 0 heterocycles. The van der Waals surface area contributed by atoms with Crippen LogP contribution in [0.3, 0.4) is 0 Å². The molecule has 0 amide bonds. The molecule has 2 aliphatic carbocycles. The molecule has 0 radical (unpaired) electrons. The summed E-state index contributed by atoms with van der Waals surface area (Å²) in [5.41, 5.74) is 5.16. The van der Waals surface area contributed by atoms with Crippen molar-refractivity contribution >= 4 is 5.97 Å². The van der Waals surface area contributed by atoms with E-state index < -0.39 is 11.5 Å². The highest BCUT2D eigenvalue weighted by Crippen LogP contribution is 2.41. The molecule has 0 aliphatic heterocycles. The summed E-state index contributed by atoms with van der Waals surface area (Å²) in [7, 11) is 0. The normalized spacial score (nSPS) is 42.2. The van der Waals surface area contributed by atoms with Gasteiger partial charge in [0.2, 0.25) is 0 Å². The number of carboxylic acid groups (broad SMARTS) is 1. The molecule has 0 aromatic carbocycles. The van der Waals surface area contributed by atoms with Crippen LogP contribution in [0.15, 0.2) is 0 Å². The van der Waals surface area contributed by atoms with Crippen molar-refractivity contribution in [3.05, 3.63) is 0 Å². The van der Waals surface area contributed by atoms with Gasteiger partial charge < -0.3 is 15.6 Å². The third kappa shape index (κ3) is 3.48. The minimum absolute atomic E-state index is 0.0206. The van der Waals surface area contributed by atoms with Crippen molar-refractivity contribution in [1.82, 2.24) is 0 Å². The summed E-state index contributed by atoms with van der Waals surface area (Å²) in [6.07, 6.45) is 5.43. The van der Waals surface area contributed by atoms with Gasteiger partial charge in [0.05, 0.1) is 12.2 Å². The lowest BCUT2D eigenvalue weighted by atomic mass is 9.71. The number of hydrogen-bond donors (Lipinski definition) is 2. The van der Waals surface area contributed by atoms with E-state index in [0.717, 1.165) is 19.3 Å². The highest BCUT2D eigenvalue weighted by atomic mass is 16.5. The number of nitrogens with two attached hydrogens (primary N) is 1. The van der Waals surface area contributed by atoms with Gasteiger partial charge in [0.25, 0.3) is 0 Å². The number of hydrogen-bond acceptors (Lipinski definition) is 3. The molecule has 3 N–H and O–H groups in total. The van der Waals surface area contributed by atoms with E-state index in [1.54, 1.807) is 0 Å². The number of aliphatic carboxylic acids is 1. The van der Waals surface area contributed by atoms with E-state index >= 15 is 0 Å². The second-order valence-electron chi connectivity index (χ2n) is 7.50. The molecular weight excluding hydrogens is 242 g/mol. The minimum atomic E-state index is -1.07. The summed E-state index contributed by atoms with van der Waals surface area (Å²) >= 11 is 0. The molecule has 4 nitrogen and oxygen atoms in total. The lowest BCUT2D eigenvalue weighted by Crippen LogP contribution is -2.46. The van der Waals surface area contributed by atoms with Crippen molar-refractivity contribution in [1.29, 1.82) is 0 Å². The molecule has 2 aliphatic rings. The summed E-state index contributed by atoms with van der Waals surface area (Å²) in [5.74, 6) is -0.215. The Labute approximate surface area is 115 Å². The standard InChI is InChI=1S/C15H27NO3/c1-10-6-12(8-14(2,3)7-10)19-11-4-5-15(16,9-11)13(17)18/h10-12H,4-9,16H2,1-3H3,(H,17,18). The number of rotatable bonds is 3. The summed E-state index contributed by atoms with van der Waals surface area (Å²) in [4.78, 5) is 11.1. The van der Waals surface area contributed by atoms with E-state index in [0.29, 0.717) is 24.2 Å². The van der Waals surface area contributed by atoms with Gasteiger partial charge in [0.1, 0.15) is 5.54 Å². The average Bonchev–Trinajstić information content (AvgIpc) is 2.58. The van der Waals surface area contributed by atoms with Crippen molar-refractivity contribution in [3.63, 3.8) is 0 Å². The number of carbonyl (C=O) groups is 1. The maximum atomic E-state index is 11.1. The zero-order chi connectivity index (χ0) is 14.3. The summed E-state index contributed by atoms with van der Waals surface area (Å²) in [6, 6.07) is 0. The van der Waals surface area contributed by atoms with Gasteiger partial charge in [0.15, 0.2) is 0 Å². The molecule has 4 atom stereocenters. The molecule has 2 rings (SSSR count). The van der Waals surface area contributed by atoms with Crippen molar-refractivity contribution < 1.29 is 14.6 Å². The lowest BCUT2D eigenvalue weighted by Gasteiger charge is -2.39. The van der Waals surface area contributed by atoms with Crippen LogP contribution in [0.25, 0.3) is 0 Å². The Morgan fingerprint density at radius 3 is 2.47 bits per heavy atom. The largest absolute Gasteiger partial charge is 0.480 e. The minimum Gasteiger partial charge on any atom is -0.480 e. The smallest absolute Gasteiger partial charge is 0.323 e. The summed E-state index contributed by atoms with van der Waals surface area (Å²) in [6.45, 7) is 6.85. The van der Waals surface area contributed by atoms with Gasteiger partial charge in [0, 0.05) is 6.42 Å². The van der Waals surface area contributed by atoms with Gasteiger partial charge >= 0.3 is 5.97 Å². The predicted molar refractivity (Wildman–Crippen MR) is 73.9 cm³/mol. The Hall–Kier alpha value is -0.610. The average molecular weight is 269 g/mol. The van der Waals surface area contributed by atoms with E-state index in [1.807, 2.05) is 0 Å². The highest BCUT2D eigenvalue weighted by molar-refractivity contribution is 5.78. The second kappa shape index (κ2) is 5.06. The molecule has 0 saturated heterocycles. The van der Waals surface area contributed by atoms with Gasteiger partial charge in [-0.05, 0) is 43.4 Å². The van der Waals surface area contributed by atoms with Crippen molar-refractivity contribution in [3.8, 4) is 0 Å². The Bertz CT molecular complexity index is 355. The molecule has 0 bridgehead atoms. The molecule has 110 valence electrons. The number of ether oxygens (including phenoxy) is 1. The summed E-state index contributed by atoms with van der Waals surface area (Å²) in [5, 5.41) is 9.14. The Kier molecular flexibility index (Phi) is 3.94. The van der Waals surface area contributed by atoms with Crippen LogP contribution in [0, 0.1) is 11.3 Å². The van der Waals surface area contributed by atoms with Gasteiger partial charge in [-0.3, -0.25) is 4.79 Å². The topological polar surface area (TPSA) is 72.5 Å².